The summed E-state index contributed by atoms with van der Waals surface area (Å²) in [6.07, 6.45) is 0.420. The SMILES string of the molecule is CCc1nn(C)c(N2CCN(S(=O)(=O)c3ccc(F)c(Cl)c3)CC2)c1[N+](=O)[O-]. The summed E-state index contributed by atoms with van der Waals surface area (Å²) in [6, 6.07) is 3.26. The van der Waals surface area contributed by atoms with Crippen molar-refractivity contribution in [2.24, 2.45) is 7.05 Å². The fourth-order valence-corrected chi connectivity index (χ4v) is 4.96. The summed E-state index contributed by atoms with van der Waals surface area (Å²) >= 11 is 5.70. The number of hydrogen-bond donors (Lipinski definition) is 0. The Balaban J connectivity index is 1.82. The van der Waals surface area contributed by atoms with Crippen LogP contribution in [-0.2, 0) is 23.5 Å². The molecule has 0 unspecified atom stereocenters. The van der Waals surface area contributed by atoms with Crippen LogP contribution >= 0.6 is 11.6 Å². The molecule has 0 spiro atoms. The van der Waals surface area contributed by atoms with Gasteiger partial charge in [-0.05, 0) is 24.6 Å². The molecule has 0 N–H and O–H groups in total. The number of aryl methyl sites for hydroxylation is 2. The van der Waals surface area contributed by atoms with Crippen LogP contribution in [0.15, 0.2) is 23.1 Å². The molecule has 0 atom stereocenters. The fraction of sp³-hybridized carbons (Fsp3) is 0.438. The van der Waals surface area contributed by atoms with Gasteiger partial charge in [0.2, 0.25) is 15.8 Å². The first kappa shape index (κ1) is 20.5. The van der Waals surface area contributed by atoms with E-state index < -0.39 is 20.8 Å². The van der Waals surface area contributed by atoms with E-state index in [4.69, 9.17) is 11.6 Å². The van der Waals surface area contributed by atoms with Crippen LogP contribution in [-0.4, -0.2) is 53.6 Å². The second-order valence-corrected chi connectivity index (χ2v) is 8.67. The van der Waals surface area contributed by atoms with Crippen LogP contribution in [0.25, 0.3) is 0 Å². The molecule has 1 aliphatic heterocycles. The van der Waals surface area contributed by atoms with Crippen molar-refractivity contribution in [3.63, 3.8) is 0 Å². The van der Waals surface area contributed by atoms with E-state index in [1.807, 2.05) is 0 Å². The van der Waals surface area contributed by atoms with Crippen LogP contribution in [0.2, 0.25) is 5.02 Å². The van der Waals surface area contributed by atoms with Gasteiger partial charge in [-0.15, -0.1) is 0 Å². The molecule has 1 saturated heterocycles. The zero-order chi connectivity index (χ0) is 20.6. The Bertz CT molecular complexity index is 1020. The van der Waals surface area contributed by atoms with Gasteiger partial charge in [-0.2, -0.15) is 9.40 Å². The third kappa shape index (κ3) is 3.56. The average molecular weight is 432 g/mol. The quantitative estimate of drug-likeness (QED) is 0.531. The van der Waals surface area contributed by atoms with E-state index in [1.165, 1.54) is 15.1 Å². The maximum Gasteiger partial charge on any atom is 0.334 e. The Morgan fingerprint density at radius 3 is 2.46 bits per heavy atom. The van der Waals surface area contributed by atoms with E-state index in [-0.39, 0.29) is 41.8 Å². The third-order valence-corrected chi connectivity index (χ3v) is 6.83. The second-order valence-electron chi connectivity index (χ2n) is 6.32. The number of piperazine rings is 1. The van der Waals surface area contributed by atoms with Crippen molar-refractivity contribution < 1.29 is 17.7 Å². The van der Waals surface area contributed by atoms with Gasteiger partial charge in [0.1, 0.15) is 11.5 Å². The molecule has 2 heterocycles. The van der Waals surface area contributed by atoms with E-state index in [1.54, 1.807) is 18.9 Å². The van der Waals surface area contributed by atoms with Crippen molar-refractivity contribution in [3.8, 4) is 0 Å². The van der Waals surface area contributed by atoms with E-state index in [9.17, 15) is 22.9 Å². The van der Waals surface area contributed by atoms with Gasteiger partial charge in [-0.1, -0.05) is 18.5 Å². The number of aromatic nitrogens is 2. The largest absolute Gasteiger partial charge is 0.348 e. The lowest BCUT2D eigenvalue weighted by Gasteiger charge is -2.34. The molecule has 9 nitrogen and oxygen atoms in total. The van der Waals surface area contributed by atoms with Crippen molar-refractivity contribution in [1.29, 1.82) is 0 Å². The second kappa shape index (κ2) is 7.64. The molecule has 28 heavy (non-hydrogen) atoms. The van der Waals surface area contributed by atoms with E-state index in [2.05, 4.69) is 5.10 Å². The van der Waals surface area contributed by atoms with Gasteiger partial charge in [0.05, 0.1) is 14.8 Å². The number of nitro groups is 1. The molecule has 1 aliphatic rings. The van der Waals surface area contributed by atoms with Gasteiger partial charge in [-0.3, -0.25) is 10.1 Å². The first-order valence-electron chi connectivity index (χ1n) is 8.57. The van der Waals surface area contributed by atoms with E-state index >= 15 is 0 Å². The lowest BCUT2D eigenvalue weighted by Crippen LogP contribution is -2.49. The Labute approximate surface area is 166 Å². The zero-order valence-electron chi connectivity index (χ0n) is 15.3. The average Bonchev–Trinajstić information content (AvgIpc) is 3.00. The smallest absolute Gasteiger partial charge is 0.334 e. The van der Waals surface area contributed by atoms with E-state index in [0.29, 0.717) is 17.9 Å². The summed E-state index contributed by atoms with van der Waals surface area (Å²) in [6.45, 7) is 2.56. The van der Waals surface area contributed by atoms with Crippen molar-refractivity contribution >= 4 is 33.1 Å². The first-order valence-corrected chi connectivity index (χ1v) is 10.4. The Kier molecular flexibility index (Phi) is 5.60. The van der Waals surface area contributed by atoms with Gasteiger partial charge in [0.15, 0.2) is 0 Å². The van der Waals surface area contributed by atoms with Crippen molar-refractivity contribution in [2.45, 2.75) is 18.2 Å². The molecule has 0 aliphatic carbocycles. The minimum absolute atomic E-state index is 0.0494. The van der Waals surface area contributed by atoms with Gasteiger partial charge in [0, 0.05) is 33.2 Å². The summed E-state index contributed by atoms with van der Waals surface area (Å²) < 4.78 is 41.6. The molecule has 0 saturated carbocycles. The van der Waals surface area contributed by atoms with Crippen LogP contribution in [0.1, 0.15) is 12.6 Å². The lowest BCUT2D eigenvalue weighted by molar-refractivity contribution is -0.384. The molecule has 3 rings (SSSR count). The molecule has 1 aromatic carbocycles. The highest BCUT2D eigenvalue weighted by molar-refractivity contribution is 7.89. The highest BCUT2D eigenvalue weighted by Gasteiger charge is 2.34. The van der Waals surface area contributed by atoms with Gasteiger partial charge in [-0.25, -0.2) is 17.5 Å². The molecular weight excluding hydrogens is 413 g/mol. The van der Waals surface area contributed by atoms with Gasteiger partial charge < -0.3 is 4.90 Å². The Morgan fingerprint density at radius 2 is 1.93 bits per heavy atom. The monoisotopic (exact) mass is 431 g/mol. The highest BCUT2D eigenvalue weighted by Crippen LogP contribution is 2.33. The fourth-order valence-electron chi connectivity index (χ4n) is 3.26. The molecule has 1 aromatic heterocycles. The molecule has 0 amide bonds. The third-order valence-electron chi connectivity index (χ3n) is 4.65. The summed E-state index contributed by atoms with van der Waals surface area (Å²) in [7, 11) is -2.21. The molecule has 0 bridgehead atoms. The molecule has 0 radical (unpaired) electrons. The van der Waals surface area contributed by atoms with Crippen LogP contribution in [0.5, 0.6) is 0 Å². The van der Waals surface area contributed by atoms with Crippen LogP contribution in [0.3, 0.4) is 0 Å². The number of rotatable bonds is 5. The van der Waals surface area contributed by atoms with Crippen molar-refractivity contribution in [2.75, 3.05) is 31.1 Å². The number of hydrogen-bond acceptors (Lipinski definition) is 6. The van der Waals surface area contributed by atoms with Crippen LogP contribution in [0, 0.1) is 15.9 Å². The maximum atomic E-state index is 13.3. The number of benzene rings is 1. The standard InChI is InChI=1S/C16H19ClFN5O4S/c1-3-14-15(23(24)25)16(20(2)19-14)21-6-8-22(9-7-21)28(26,27)11-4-5-13(18)12(17)10-11/h4-5,10H,3,6-9H2,1-2H3. The molecular formula is C16H19ClFN5O4S. The highest BCUT2D eigenvalue weighted by atomic mass is 35.5. The zero-order valence-corrected chi connectivity index (χ0v) is 16.9. The van der Waals surface area contributed by atoms with Crippen LogP contribution < -0.4 is 4.90 Å². The minimum atomic E-state index is -3.84. The Hall–Kier alpha value is -2.24. The number of halogens is 2. The minimum Gasteiger partial charge on any atom is -0.348 e. The van der Waals surface area contributed by atoms with Crippen molar-refractivity contribution in [3.05, 3.63) is 44.8 Å². The first-order chi connectivity index (χ1) is 13.2. The topological polar surface area (TPSA) is 102 Å². The van der Waals surface area contributed by atoms with Gasteiger partial charge >= 0.3 is 5.69 Å². The molecule has 1 fully saturated rings. The predicted octanol–water partition coefficient (Wildman–Crippen LogP) is 2.19. The number of anilines is 1. The number of sulfonamides is 1. The van der Waals surface area contributed by atoms with Gasteiger partial charge in [0.25, 0.3) is 0 Å². The predicted molar refractivity (Wildman–Crippen MR) is 102 cm³/mol. The van der Waals surface area contributed by atoms with Crippen LogP contribution in [0.4, 0.5) is 15.9 Å². The Morgan fingerprint density at radius 1 is 1.29 bits per heavy atom. The van der Waals surface area contributed by atoms with Crippen molar-refractivity contribution in [1.82, 2.24) is 14.1 Å². The summed E-state index contributed by atoms with van der Waals surface area (Å²) in [4.78, 5) is 12.7. The normalized spacial score (nSPS) is 15.8. The molecule has 2 aromatic rings. The molecule has 12 heteroatoms. The summed E-state index contributed by atoms with van der Waals surface area (Å²) in [5.74, 6) is -0.329. The number of nitrogens with zero attached hydrogens (tertiary/aromatic N) is 5. The summed E-state index contributed by atoms with van der Waals surface area (Å²) in [5.41, 5.74) is 0.338. The van der Waals surface area contributed by atoms with E-state index in [0.717, 1.165) is 12.1 Å². The summed E-state index contributed by atoms with van der Waals surface area (Å²) in [5, 5.41) is 15.4. The molecule has 152 valence electrons. The maximum absolute atomic E-state index is 13.3. The lowest BCUT2D eigenvalue weighted by atomic mass is 10.2.